The van der Waals surface area contributed by atoms with E-state index in [2.05, 4.69) is 30.3 Å². The van der Waals surface area contributed by atoms with Gasteiger partial charge in [-0.05, 0) is 48.9 Å². The molecule has 0 spiro atoms. The summed E-state index contributed by atoms with van der Waals surface area (Å²) in [7, 11) is 0. The van der Waals surface area contributed by atoms with Crippen molar-refractivity contribution in [2.24, 2.45) is 5.41 Å². The summed E-state index contributed by atoms with van der Waals surface area (Å²) < 4.78 is 5.72. The lowest BCUT2D eigenvalue weighted by molar-refractivity contribution is 0.272. The number of ether oxygens (including phenoxy) is 1. The summed E-state index contributed by atoms with van der Waals surface area (Å²) in [6.07, 6.45) is 3.57. The van der Waals surface area contributed by atoms with Gasteiger partial charge < -0.3 is 4.74 Å². The van der Waals surface area contributed by atoms with Gasteiger partial charge in [0.2, 0.25) is 0 Å². The van der Waals surface area contributed by atoms with Crippen molar-refractivity contribution in [1.82, 2.24) is 0 Å². The fraction of sp³-hybridized carbons (Fsp3) is 0.316. The Morgan fingerprint density at radius 3 is 2.19 bits per heavy atom. The van der Waals surface area contributed by atoms with Gasteiger partial charge in [-0.2, -0.15) is 5.26 Å². The second-order valence-corrected chi connectivity index (χ2v) is 5.78. The van der Waals surface area contributed by atoms with E-state index in [0.717, 1.165) is 31.4 Å². The first-order chi connectivity index (χ1) is 10.3. The molecule has 0 atom stereocenters. The van der Waals surface area contributed by atoms with Crippen LogP contribution in [0.2, 0.25) is 0 Å². The number of nitriles is 1. The van der Waals surface area contributed by atoms with E-state index in [1.54, 1.807) is 0 Å². The van der Waals surface area contributed by atoms with Crippen LogP contribution in [0.15, 0.2) is 54.6 Å². The second kappa shape index (κ2) is 6.01. The summed E-state index contributed by atoms with van der Waals surface area (Å²) in [5.41, 5.74) is 2.44. The lowest BCUT2D eigenvalue weighted by Gasteiger charge is -2.20. The zero-order valence-corrected chi connectivity index (χ0v) is 12.1. The van der Waals surface area contributed by atoms with E-state index in [1.165, 1.54) is 11.1 Å². The quantitative estimate of drug-likeness (QED) is 0.769. The van der Waals surface area contributed by atoms with E-state index < -0.39 is 0 Å². The number of hydrogen-bond donors (Lipinski definition) is 0. The van der Waals surface area contributed by atoms with E-state index in [9.17, 15) is 5.26 Å². The number of benzene rings is 2. The molecule has 21 heavy (non-hydrogen) atoms. The van der Waals surface area contributed by atoms with Gasteiger partial charge in [0, 0.05) is 0 Å². The van der Waals surface area contributed by atoms with Gasteiger partial charge in [0.05, 0.1) is 18.1 Å². The van der Waals surface area contributed by atoms with Crippen molar-refractivity contribution in [3.05, 3.63) is 65.7 Å². The lowest BCUT2D eigenvalue weighted by atomic mass is 9.82. The molecule has 0 saturated carbocycles. The van der Waals surface area contributed by atoms with E-state index >= 15 is 0 Å². The van der Waals surface area contributed by atoms with Crippen molar-refractivity contribution in [2.45, 2.75) is 25.7 Å². The van der Waals surface area contributed by atoms with Gasteiger partial charge in [-0.1, -0.05) is 42.5 Å². The molecule has 1 aliphatic carbocycles. The highest BCUT2D eigenvalue weighted by Gasteiger charge is 2.36. The van der Waals surface area contributed by atoms with E-state index in [-0.39, 0.29) is 5.41 Å². The Balaban J connectivity index is 1.54. The van der Waals surface area contributed by atoms with Crippen LogP contribution < -0.4 is 4.74 Å². The molecule has 0 bridgehead atoms. The van der Waals surface area contributed by atoms with Crippen molar-refractivity contribution >= 4 is 0 Å². The normalized spacial score (nSPS) is 15.2. The highest BCUT2D eigenvalue weighted by atomic mass is 16.5. The Morgan fingerprint density at radius 2 is 1.57 bits per heavy atom. The topological polar surface area (TPSA) is 33.0 Å². The van der Waals surface area contributed by atoms with Crippen molar-refractivity contribution in [3.63, 3.8) is 0 Å². The first kappa shape index (κ1) is 13.7. The molecule has 0 heterocycles. The third kappa shape index (κ3) is 3.08. The van der Waals surface area contributed by atoms with Gasteiger partial charge in [-0.15, -0.1) is 0 Å². The zero-order chi connectivity index (χ0) is 14.5. The predicted octanol–water partition coefficient (Wildman–Crippen LogP) is 4.15. The molecule has 0 aromatic heterocycles. The molecule has 106 valence electrons. The smallest absolute Gasteiger partial charge is 0.119 e. The van der Waals surface area contributed by atoms with Crippen LogP contribution in [0.25, 0.3) is 0 Å². The maximum absolute atomic E-state index is 9.61. The number of rotatable bonds is 5. The Bertz CT molecular complexity index is 617. The van der Waals surface area contributed by atoms with Crippen LogP contribution in [-0.4, -0.2) is 6.61 Å². The molecule has 2 nitrogen and oxygen atoms in total. The van der Waals surface area contributed by atoms with Crippen LogP contribution >= 0.6 is 0 Å². The third-order valence-electron chi connectivity index (χ3n) is 4.22. The van der Waals surface area contributed by atoms with Gasteiger partial charge in [-0.25, -0.2) is 0 Å². The fourth-order valence-electron chi connectivity index (χ4n) is 3.12. The second-order valence-electron chi connectivity index (χ2n) is 5.78. The molecule has 0 unspecified atom stereocenters. The number of para-hydroxylation sites is 1. The standard InChI is InChI=1S/C19H19NO/c20-15-19(13-16-7-4-5-8-17(16)14-19)11-6-12-21-18-9-2-1-3-10-18/h1-5,7-10H,6,11-14H2. The molecule has 0 saturated heterocycles. The monoisotopic (exact) mass is 277 g/mol. The average molecular weight is 277 g/mol. The Hall–Kier alpha value is -2.27. The van der Waals surface area contributed by atoms with Crippen molar-refractivity contribution in [2.75, 3.05) is 6.61 Å². The van der Waals surface area contributed by atoms with Crippen LogP contribution in [0.3, 0.4) is 0 Å². The largest absolute Gasteiger partial charge is 0.494 e. The van der Waals surface area contributed by atoms with E-state index in [4.69, 9.17) is 4.74 Å². The molecule has 2 heteroatoms. The number of fused-ring (bicyclic) bond motifs is 1. The van der Waals surface area contributed by atoms with Crippen molar-refractivity contribution < 1.29 is 4.74 Å². The van der Waals surface area contributed by atoms with Crippen LogP contribution in [0.4, 0.5) is 0 Å². The first-order valence-corrected chi connectivity index (χ1v) is 7.47. The number of nitrogens with zero attached hydrogens (tertiary/aromatic N) is 1. The molecule has 0 amide bonds. The molecule has 2 aromatic rings. The molecule has 3 rings (SSSR count). The minimum atomic E-state index is -0.232. The molecule has 0 radical (unpaired) electrons. The van der Waals surface area contributed by atoms with Crippen LogP contribution in [0.5, 0.6) is 5.75 Å². The summed E-state index contributed by atoms with van der Waals surface area (Å²) in [4.78, 5) is 0. The maximum Gasteiger partial charge on any atom is 0.119 e. The van der Waals surface area contributed by atoms with Gasteiger partial charge in [0.15, 0.2) is 0 Å². The minimum Gasteiger partial charge on any atom is -0.494 e. The van der Waals surface area contributed by atoms with Crippen molar-refractivity contribution in [3.8, 4) is 11.8 Å². The summed E-state index contributed by atoms with van der Waals surface area (Å²) in [6, 6.07) is 20.8. The predicted molar refractivity (Wildman–Crippen MR) is 83.1 cm³/mol. The third-order valence-corrected chi connectivity index (χ3v) is 4.22. The van der Waals surface area contributed by atoms with Crippen LogP contribution in [0.1, 0.15) is 24.0 Å². The summed E-state index contributed by atoms with van der Waals surface area (Å²) >= 11 is 0. The zero-order valence-electron chi connectivity index (χ0n) is 12.1. The average Bonchev–Trinajstić information content (AvgIpc) is 2.92. The van der Waals surface area contributed by atoms with Crippen molar-refractivity contribution in [1.29, 1.82) is 5.26 Å². The molecule has 0 fully saturated rings. The Kier molecular flexibility index (Phi) is 3.92. The molecule has 1 aliphatic rings. The van der Waals surface area contributed by atoms with Crippen LogP contribution in [-0.2, 0) is 12.8 Å². The molecule has 0 aliphatic heterocycles. The van der Waals surface area contributed by atoms with Crippen LogP contribution in [0, 0.1) is 16.7 Å². The highest BCUT2D eigenvalue weighted by Crippen LogP contribution is 2.39. The molecular weight excluding hydrogens is 258 g/mol. The van der Waals surface area contributed by atoms with Gasteiger partial charge >= 0.3 is 0 Å². The first-order valence-electron chi connectivity index (χ1n) is 7.47. The number of hydrogen-bond acceptors (Lipinski definition) is 2. The summed E-state index contributed by atoms with van der Waals surface area (Å²) in [5.74, 6) is 0.901. The Labute approximate surface area is 126 Å². The van der Waals surface area contributed by atoms with E-state index in [1.807, 2.05) is 30.3 Å². The van der Waals surface area contributed by atoms with Gasteiger partial charge in [-0.3, -0.25) is 0 Å². The summed E-state index contributed by atoms with van der Waals surface area (Å²) in [5, 5.41) is 9.61. The highest BCUT2D eigenvalue weighted by molar-refractivity contribution is 5.36. The maximum atomic E-state index is 9.61. The SMILES string of the molecule is N#CC1(CCCOc2ccccc2)Cc2ccccc2C1. The molecule has 2 aromatic carbocycles. The van der Waals surface area contributed by atoms with E-state index in [0.29, 0.717) is 6.61 Å². The molecular formula is C19H19NO. The summed E-state index contributed by atoms with van der Waals surface area (Å²) in [6.45, 7) is 0.670. The van der Waals surface area contributed by atoms with Gasteiger partial charge in [0.1, 0.15) is 5.75 Å². The Morgan fingerprint density at radius 1 is 0.952 bits per heavy atom. The lowest BCUT2D eigenvalue weighted by Crippen LogP contribution is -2.20. The fourth-order valence-corrected chi connectivity index (χ4v) is 3.12. The molecule has 0 N–H and O–H groups in total. The van der Waals surface area contributed by atoms with Gasteiger partial charge in [0.25, 0.3) is 0 Å². The minimum absolute atomic E-state index is 0.232.